The van der Waals surface area contributed by atoms with Crippen LogP contribution in [-0.4, -0.2) is 0 Å². The van der Waals surface area contributed by atoms with E-state index in [1.165, 1.54) is 6.07 Å². The molecular formula is C7H5Cl2F. The lowest BCUT2D eigenvalue weighted by Crippen LogP contribution is -1.79. The Labute approximate surface area is 68.6 Å². The number of hydrogen-bond donors (Lipinski definition) is 0. The fraction of sp³-hybridized carbons (Fsp3) is 0.143. The van der Waals surface area contributed by atoms with Crippen molar-refractivity contribution < 1.29 is 4.39 Å². The summed E-state index contributed by atoms with van der Waals surface area (Å²) in [6.07, 6.45) is 0. The monoisotopic (exact) mass is 178 g/mol. The van der Waals surface area contributed by atoms with Gasteiger partial charge < -0.3 is 0 Å². The highest BCUT2D eigenvalue weighted by molar-refractivity contribution is 6.33. The van der Waals surface area contributed by atoms with E-state index >= 15 is 0 Å². The minimum absolute atomic E-state index is 0.423. The molecule has 0 N–H and O–H groups in total. The molecule has 0 saturated heterocycles. The Morgan fingerprint density at radius 3 is 2.50 bits per heavy atom. The summed E-state index contributed by atoms with van der Waals surface area (Å²) in [5.74, 6) is 0. The molecule has 0 nitrogen and oxygen atoms in total. The van der Waals surface area contributed by atoms with Crippen molar-refractivity contribution in [3.63, 3.8) is 0 Å². The second-order valence-corrected chi connectivity index (χ2v) is 2.71. The Bertz CT molecular complexity index is 235. The average Bonchev–Trinajstić information content (AvgIpc) is 1.94. The summed E-state index contributed by atoms with van der Waals surface area (Å²) in [5.41, 5.74) is 0.439. The van der Waals surface area contributed by atoms with Gasteiger partial charge in [0.25, 0.3) is 0 Å². The number of benzene rings is 1. The second-order valence-electron chi connectivity index (χ2n) is 1.87. The van der Waals surface area contributed by atoms with Crippen LogP contribution in [0, 0.1) is 0 Å². The van der Waals surface area contributed by atoms with Crippen LogP contribution < -0.4 is 0 Å². The Balaban J connectivity index is 3.09. The average molecular weight is 179 g/mol. The molecule has 0 bridgehead atoms. The Morgan fingerprint density at radius 2 is 2.00 bits per heavy atom. The van der Waals surface area contributed by atoms with Crippen LogP contribution >= 0.6 is 23.2 Å². The van der Waals surface area contributed by atoms with Crippen LogP contribution in [0.2, 0.25) is 10.0 Å². The summed E-state index contributed by atoms with van der Waals surface area (Å²) < 4.78 is 12.0. The molecule has 0 fully saturated rings. The molecule has 54 valence electrons. The highest BCUT2D eigenvalue weighted by atomic mass is 35.5. The highest BCUT2D eigenvalue weighted by Gasteiger charge is 1.98. The summed E-state index contributed by atoms with van der Waals surface area (Å²) in [4.78, 5) is 0. The molecule has 0 unspecified atom stereocenters. The standard InChI is InChI=1S/C7H5Cl2F/c8-6-1-2-7(9)5(3-6)4-10/h1-3H,4H2. The van der Waals surface area contributed by atoms with Gasteiger partial charge in [0, 0.05) is 15.6 Å². The maximum Gasteiger partial charge on any atom is 0.116 e. The van der Waals surface area contributed by atoms with E-state index < -0.39 is 6.67 Å². The molecule has 0 aliphatic heterocycles. The normalized spacial score (nSPS) is 9.90. The topological polar surface area (TPSA) is 0 Å². The van der Waals surface area contributed by atoms with Crippen molar-refractivity contribution in [1.29, 1.82) is 0 Å². The van der Waals surface area contributed by atoms with Gasteiger partial charge in [-0.1, -0.05) is 23.2 Å². The van der Waals surface area contributed by atoms with Gasteiger partial charge in [-0.25, -0.2) is 4.39 Å². The molecule has 0 radical (unpaired) electrons. The van der Waals surface area contributed by atoms with Gasteiger partial charge in [0.15, 0.2) is 0 Å². The van der Waals surface area contributed by atoms with E-state index in [2.05, 4.69) is 0 Å². The quantitative estimate of drug-likeness (QED) is 0.619. The molecule has 0 atom stereocenters. The predicted octanol–water partition coefficient (Wildman–Crippen LogP) is 3.46. The van der Waals surface area contributed by atoms with Crippen LogP contribution in [0.4, 0.5) is 4.39 Å². The molecule has 1 aromatic carbocycles. The molecule has 0 spiro atoms. The summed E-state index contributed by atoms with van der Waals surface area (Å²) in [6, 6.07) is 4.73. The molecule has 0 aliphatic carbocycles. The molecule has 0 saturated carbocycles. The summed E-state index contributed by atoms with van der Waals surface area (Å²) in [7, 11) is 0. The van der Waals surface area contributed by atoms with Crippen LogP contribution in [0.1, 0.15) is 5.56 Å². The van der Waals surface area contributed by atoms with E-state index in [1.54, 1.807) is 12.1 Å². The van der Waals surface area contributed by atoms with Crippen molar-refractivity contribution in [3.05, 3.63) is 33.8 Å². The van der Waals surface area contributed by atoms with Gasteiger partial charge in [0.1, 0.15) is 6.67 Å². The number of rotatable bonds is 1. The van der Waals surface area contributed by atoms with Crippen molar-refractivity contribution in [1.82, 2.24) is 0 Å². The lowest BCUT2D eigenvalue weighted by molar-refractivity contribution is 0.485. The fourth-order valence-corrected chi connectivity index (χ4v) is 1.01. The fourth-order valence-electron chi connectivity index (χ4n) is 0.646. The first-order valence-corrected chi connectivity index (χ1v) is 3.49. The van der Waals surface area contributed by atoms with Gasteiger partial charge in [-0.15, -0.1) is 0 Å². The smallest absolute Gasteiger partial charge is 0.116 e. The Hall–Kier alpha value is -0.270. The molecule has 1 rings (SSSR count). The van der Waals surface area contributed by atoms with E-state index in [0.29, 0.717) is 15.6 Å². The molecular weight excluding hydrogens is 174 g/mol. The van der Waals surface area contributed by atoms with Gasteiger partial charge in [-0.05, 0) is 18.2 Å². The highest BCUT2D eigenvalue weighted by Crippen LogP contribution is 2.20. The van der Waals surface area contributed by atoms with Crippen molar-refractivity contribution in [2.24, 2.45) is 0 Å². The molecule has 0 aromatic heterocycles. The van der Waals surface area contributed by atoms with Crippen LogP contribution in [-0.2, 0) is 6.67 Å². The van der Waals surface area contributed by atoms with Crippen LogP contribution in [0.15, 0.2) is 18.2 Å². The number of alkyl halides is 1. The van der Waals surface area contributed by atoms with Crippen molar-refractivity contribution in [2.75, 3.05) is 0 Å². The first kappa shape index (κ1) is 7.83. The zero-order valence-corrected chi connectivity index (χ0v) is 6.58. The third kappa shape index (κ3) is 1.61. The van der Waals surface area contributed by atoms with Gasteiger partial charge >= 0.3 is 0 Å². The minimum Gasteiger partial charge on any atom is -0.246 e. The Kier molecular flexibility index (Phi) is 2.52. The van der Waals surface area contributed by atoms with Crippen LogP contribution in [0.25, 0.3) is 0 Å². The van der Waals surface area contributed by atoms with Gasteiger partial charge in [-0.2, -0.15) is 0 Å². The lowest BCUT2D eigenvalue weighted by Gasteiger charge is -1.97. The largest absolute Gasteiger partial charge is 0.246 e. The van der Waals surface area contributed by atoms with Gasteiger partial charge in [0.2, 0.25) is 0 Å². The first-order chi connectivity index (χ1) is 4.74. The number of hydrogen-bond acceptors (Lipinski definition) is 0. The molecule has 0 aliphatic rings. The van der Waals surface area contributed by atoms with E-state index in [-0.39, 0.29) is 0 Å². The number of halogens is 3. The predicted molar refractivity (Wildman–Crippen MR) is 41.3 cm³/mol. The summed E-state index contributed by atoms with van der Waals surface area (Å²) in [6.45, 7) is -0.570. The van der Waals surface area contributed by atoms with Crippen molar-refractivity contribution in [2.45, 2.75) is 6.67 Å². The Morgan fingerprint density at radius 1 is 1.30 bits per heavy atom. The second kappa shape index (κ2) is 3.22. The van der Waals surface area contributed by atoms with E-state index in [0.717, 1.165) is 0 Å². The zero-order valence-electron chi connectivity index (χ0n) is 5.07. The van der Waals surface area contributed by atoms with Crippen molar-refractivity contribution in [3.8, 4) is 0 Å². The van der Waals surface area contributed by atoms with E-state index in [9.17, 15) is 4.39 Å². The molecule has 1 aromatic rings. The SMILES string of the molecule is FCc1cc(Cl)ccc1Cl. The molecule has 10 heavy (non-hydrogen) atoms. The summed E-state index contributed by atoms with van der Waals surface area (Å²) in [5, 5.41) is 0.934. The van der Waals surface area contributed by atoms with Gasteiger partial charge in [-0.3, -0.25) is 0 Å². The molecule has 0 amide bonds. The maximum absolute atomic E-state index is 12.0. The minimum atomic E-state index is -0.570. The molecule has 3 heteroatoms. The third-order valence-corrected chi connectivity index (χ3v) is 1.76. The first-order valence-electron chi connectivity index (χ1n) is 2.74. The van der Waals surface area contributed by atoms with Crippen molar-refractivity contribution >= 4 is 23.2 Å². The van der Waals surface area contributed by atoms with E-state index in [4.69, 9.17) is 23.2 Å². The van der Waals surface area contributed by atoms with E-state index in [1.807, 2.05) is 0 Å². The van der Waals surface area contributed by atoms with Gasteiger partial charge in [0.05, 0.1) is 0 Å². The lowest BCUT2D eigenvalue weighted by atomic mass is 10.2. The summed E-state index contributed by atoms with van der Waals surface area (Å²) >= 11 is 11.2. The van der Waals surface area contributed by atoms with Crippen LogP contribution in [0.5, 0.6) is 0 Å². The zero-order chi connectivity index (χ0) is 7.56. The third-order valence-electron chi connectivity index (χ3n) is 1.15. The maximum atomic E-state index is 12.0. The van der Waals surface area contributed by atoms with Crippen LogP contribution in [0.3, 0.4) is 0 Å². The molecule has 0 heterocycles.